The lowest BCUT2D eigenvalue weighted by Gasteiger charge is -2.43. The fourth-order valence-electron chi connectivity index (χ4n) is 1.69. The molecule has 0 aromatic rings. The van der Waals surface area contributed by atoms with Crippen molar-refractivity contribution in [2.24, 2.45) is 5.92 Å². The van der Waals surface area contributed by atoms with E-state index in [9.17, 15) is 5.11 Å². The fraction of sp³-hybridized carbons (Fsp3) is 0.800. The van der Waals surface area contributed by atoms with Crippen LogP contribution in [0.4, 0.5) is 0 Å². The van der Waals surface area contributed by atoms with Gasteiger partial charge >= 0.3 is 0 Å². The average molecular weight is 167 g/mol. The molecule has 0 amide bonds. The number of hydrogen-bond acceptors (Lipinski definition) is 2. The third-order valence-corrected chi connectivity index (χ3v) is 2.98. The molecule has 0 bridgehead atoms. The Morgan fingerprint density at radius 2 is 2.25 bits per heavy atom. The molecule has 2 heteroatoms. The Kier molecular flexibility index (Phi) is 2.46. The molecule has 0 saturated carbocycles. The third-order valence-electron chi connectivity index (χ3n) is 2.98. The molecule has 1 fully saturated rings. The predicted molar refractivity (Wildman–Crippen MR) is 49.7 cm³/mol. The van der Waals surface area contributed by atoms with E-state index < -0.39 is 0 Å². The zero-order valence-electron chi connectivity index (χ0n) is 8.04. The van der Waals surface area contributed by atoms with Gasteiger partial charge in [0.15, 0.2) is 0 Å². The van der Waals surface area contributed by atoms with Crippen LogP contribution in [0.2, 0.25) is 0 Å². The Bertz CT molecular complexity index is 208. The van der Waals surface area contributed by atoms with E-state index in [1.807, 2.05) is 14.0 Å². The van der Waals surface area contributed by atoms with Gasteiger partial charge in [0, 0.05) is 13.0 Å². The van der Waals surface area contributed by atoms with Crippen LogP contribution < -0.4 is 0 Å². The minimum Gasteiger partial charge on any atom is -0.393 e. The molecule has 0 aromatic heterocycles. The van der Waals surface area contributed by atoms with E-state index in [0.29, 0.717) is 12.3 Å². The summed E-state index contributed by atoms with van der Waals surface area (Å²) in [6.07, 6.45) is 5.87. The molecule has 1 aliphatic heterocycles. The van der Waals surface area contributed by atoms with Crippen molar-refractivity contribution in [1.82, 2.24) is 4.90 Å². The van der Waals surface area contributed by atoms with Crippen molar-refractivity contribution in [3.05, 3.63) is 0 Å². The highest BCUT2D eigenvalue weighted by atomic mass is 16.3. The summed E-state index contributed by atoms with van der Waals surface area (Å²) in [5, 5.41) is 9.64. The van der Waals surface area contributed by atoms with Crippen LogP contribution in [-0.4, -0.2) is 35.2 Å². The summed E-state index contributed by atoms with van der Waals surface area (Å²) in [4.78, 5) is 2.14. The number of rotatable bonds is 0. The summed E-state index contributed by atoms with van der Waals surface area (Å²) < 4.78 is 0. The molecular weight excluding hydrogens is 150 g/mol. The first-order chi connectivity index (χ1) is 5.49. The number of hydrogen-bond donors (Lipinski definition) is 1. The summed E-state index contributed by atoms with van der Waals surface area (Å²) in [6.45, 7) is 4.93. The van der Waals surface area contributed by atoms with Gasteiger partial charge in [-0.1, -0.05) is 12.8 Å². The van der Waals surface area contributed by atoms with E-state index in [2.05, 4.69) is 17.7 Å². The largest absolute Gasteiger partial charge is 0.393 e. The van der Waals surface area contributed by atoms with Crippen molar-refractivity contribution in [3.8, 4) is 12.3 Å². The fourth-order valence-corrected chi connectivity index (χ4v) is 1.69. The van der Waals surface area contributed by atoms with Gasteiger partial charge < -0.3 is 5.11 Å². The van der Waals surface area contributed by atoms with Crippen LogP contribution in [0.5, 0.6) is 0 Å². The molecule has 1 heterocycles. The van der Waals surface area contributed by atoms with Gasteiger partial charge in [0.1, 0.15) is 0 Å². The maximum Gasteiger partial charge on any atom is 0.0817 e. The highest BCUT2D eigenvalue weighted by Crippen LogP contribution is 2.28. The van der Waals surface area contributed by atoms with Crippen LogP contribution in [0.15, 0.2) is 0 Å². The molecular formula is C10H17NO. The van der Waals surface area contributed by atoms with Gasteiger partial charge in [-0.25, -0.2) is 0 Å². The molecule has 1 aliphatic rings. The monoisotopic (exact) mass is 167 g/mol. The first-order valence-electron chi connectivity index (χ1n) is 4.36. The maximum atomic E-state index is 9.64. The minimum absolute atomic E-state index is 0.248. The lowest BCUT2D eigenvalue weighted by Crippen LogP contribution is -2.53. The second-order valence-electron chi connectivity index (χ2n) is 4.05. The van der Waals surface area contributed by atoms with Gasteiger partial charge in [0.05, 0.1) is 11.6 Å². The van der Waals surface area contributed by atoms with Crippen molar-refractivity contribution in [1.29, 1.82) is 0 Å². The van der Waals surface area contributed by atoms with Crippen LogP contribution >= 0.6 is 0 Å². The highest BCUT2D eigenvalue weighted by molar-refractivity contribution is 5.13. The predicted octanol–water partition coefficient (Wildman–Crippen LogP) is 0.711. The van der Waals surface area contributed by atoms with Gasteiger partial charge in [0.25, 0.3) is 0 Å². The molecule has 68 valence electrons. The third kappa shape index (κ3) is 1.48. The minimum atomic E-state index is -0.258. The topological polar surface area (TPSA) is 23.5 Å². The number of aliphatic hydroxyl groups is 1. The van der Waals surface area contributed by atoms with E-state index in [4.69, 9.17) is 6.42 Å². The Morgan fingerprint density at radius 1 is 1.67 bits per heavy atom. The molecule has 12 heavy (non-hydrogen) atoms. The maximum absolute atomic E-state index is 9.64. The zero-order valence-corrected chi connectivity index (χ0v) is 8.04. The second-order valence-corrected chi connectivity index (χ2v) is 4.05. The molecule has 0 radical (unpaired) electrons. The number of aliphatic hydroxyl groups excluding tert-OH is 1. The Labute approximate surface area is 74.6 Å². The van der Waals surface area contributed by atoms with E-state index in [-0.39, 0.29) is 11.6 Å². The van der Waals surface area contributed by atoms with Crippen LogP contribution in [0, 0.1) is 18.3 Å². The molecule has 0 aliphatic carbocycles. The number of likely N-dealkylation sites (tertiary alicyclic amines) is 1. The summed E-state index contributed by atoms with van der Waals surface area (Å²) in [6, 6.07) is 0. The number of nitrogens with zero attached hydrogens (tertiary/aromatic N) is 1. The number of terminal acetylenes is 1. The molecule has 0 unspecified atom stereocenters. The SMILES string of the molecule is C#C[C@@]1(C)C[C@H](O)[C@@H](C)CN1C. The normalized spacial score (nSPS) is 43.9. The lowest BCUT2D eigenvalue weighted by atomic mass is 9.83. The molecule has 3 atom stereocenters. The van der Waals surface area contributed by atoms with Crippen molar-refractivity contribution in [2.45, 2.75) is 31.9 Å². The van der Waals surface area contributed by atoms with Gasteiger partial charge in [-0.15, -0.1) is 6.42 Å². The van der Waals surface area contributed by atoms with Crippen LogP contribution in [0.25, 0.3) is 0 Å². The molecule has 1 N–H and O–H groups in total. The van der Waals surface area contributed by atoms with Gasteiger partial charge in [-0.05, 0) is 19.9 Å². The van der Waals surface area contributed by atoms with Gasteiger partial charge in [-0.3, -0.25) is 4.90 Å². The molecule has 0 spiro atoms. The summed E-state index contributed by atoms with van der Waals surface area (Å²) >= 11 is 0. The molecule has 2 nitrogen and oxygen atoms in total. The van der Waals surface area contributed by atoms with E-state index in [1.165, 1.54) is 0 Å². The van der Waals surface area contributed by atoms with Crippen LogP contribution in [-0.2, 0) is 0 Å². The van der Waals surface area contributed by atoms with Crippen LogP contribution in [0.3, 0.4) is 0 Å². The zero-order chi connectivity index (χ0) is 9.35. The van der Waals surface area contributed by atoms with E-state index in [0.717, 1.165) is 6.54 Å². The van der Waals surface area contributed by atoms with Crippen molar-refractivity contribution >= 4 is 0 Å². The molecule has 0 aromatic carbocycles. The smallest absolute Gasteiger partial charge is 0.0817 e. The van der Waals surface area contributed by atoms with Crippen molar-refractivity contribution < 1.29 is 5.11 Å². The molecule has 1 rings (SSSR count). The highest BCUT2D eigenvalue weighted by Gasteiger charge is 2.37. The lowest BCUT2D eigenvalue weighted by molar-refractivity contribution is -0.00779. The molecule has 1 saturated heterocycles. The Morgan fingerprint density at radius 3 is 2.75 bits per heavy atom. The summed E-state index contributed by atoms with van der Waals surface area (Å²) in [5.74, 6) is 3.08. The van der Waals surface area contributed by atoms with Crippen molar-refractivity contribution in [2.75, 3.05) is 13.6 Å². The summed E-state index contributed by atoms with van der Waals surface area (Å²) in [7, 11) is 2.02. The van der Waals surface area contributed by atoms with Crippen molar-refractivity contribution in [3.63, 3.8) is 0 Å². The number of piperidine rings is 1. The van der Waals surface area contributed by atoms with Crippen LogP contribution in [0.1, 0.15) is 20.3 Å². The second kappa shape index (κ2) is 3.08. The van der Waals surface area contributed by atoms with E-state index >= 15 is 0 Å². The van der Waals surface area contributed by atoms with Gasteiger partial charge in [0.2, 0.25) is 0 Å². The Hall–Kier alpha value is -0.520. The Balaban J connectivity index is 2.76. The standard InChI is InChI=1S/C10H17NO/c1-5-10(3)6-9(12)8(2)7-11(10)4/h1,8-9,12H,6-7H2,2-4H3/t8-,9-,10-/m0/s1. The quantitative estimate of drug-likeness (QED) is 0.537. The first-order valence-corrected chi connectivity index (χ1v) is 4.36. The van der Waals surface area contributed by atoms with Gasteiger partial charge in [-0.2, -0.15) is 0 Å². The summed E-state index contributed by atoms with van der Waals surface area (Å²) in [5.41, 5.74) is -0.258. The van der Waals surface area contributed by atoms with E-state index in [1.54, 1.807) is 0 Å². The average Bonchev–Trinajstić information content (AvgIpc) is 2.01. The first kappa shape index (κ1) is 9.57.